The maximum Gasteiger partial charge on any atom is 0.259 e. The van der Waals surface area contributed by atoms with Gasteiger partial charge in [-0.1, -0.05) is 58.4 Å². The second-order valence-corrected chi connectivity index (χ2v) is 6.88. The molecule has 142 valence electrons. The first-order valence-electron chi connectivity index (χ1n) is 8.78. The summed E-state index contributed by atoms with van der Waals surface area (Å²) in [5.41, 5.74) is 5.25. The number of hydrazone groups is 1. The molecule has 0 fully saturated rings. The molecule has 0 spiro atoms. The average Bonchev–Trinajstić information content (AvgIpc) is 2.73. The summed E-state index contributed by atoms with van der Waals surface area (Å²) in [7, 11) is 0. The molecule has 3 aromatic rings. The molecular formula is C22H20BrN3O2. The van der Waals surface area contributed by atoms with E-state index in [0.29, 0.717) is 12.4 Å². The van der Waals surface area contributed by atoms with Crippen molar-refractivity contribution in [2.75, 3.05) is 11.9 Å². The lowest BCUT2D eigenvalue weighted by molar-refractivity contribution is -0.119. The lowest BCUT2D eigenvalue weighted by atomic mass is 10.2. The van der Waals surface area contributed by atoms with Crippen LogP contribution in [0, 0.1) is 0 Å². The van der Waals surface area contributed by atoms with E-state index in [0.717, 1.165) is 21.3 Å². The molecule has 6 heteroatoms. The van der Waals surface area contributed by atoms with Crippen molar-refractivity contribution in [3.05, 3.63) is 94.5 Å². The topological polar surface area (TPSA) is 62.7 Å². The first-order chi connectivity index (χ1) is 13.7. The van der Waals surface area contributed by atoms with Crippen molar-refractivity contribution < 1.29 is 9.53 Å². The van der Waals surface area contributed by atoms with Crippen LogP contribution in [0.2, 0.25) is 0 Å². The molecule has 0 heterocycles. The summed E-state index contributed by atoms with van der Waals surface area (Å²) >= 11 is 3.42. The van der Waals surface area contributed by atoms with Crippen LogP contribution in [0.15, 0.2) is 88.4 Å². The first kappa shape index (κ1) is 19.6. The average molecular weight is 438 g/mol. The van der Waals surface area contributed by atoms with Crippen molar-refractivity contribution in [1.82, 2.24) is 5.43 Å². The van der Waals surface area contributed by atoms with Crippen molar-refractivity contribution in [2.45, 2.75) is 6.61 Å². The molecule has 3 rings (SSSR count). The standard InChI is InChI=1S/C22H20BrN3O2/c23-19-12-10-17(11-13-19)16-28-21-9-5-4-6-18(21)14-25-26-22(27)15-24-20-7-2-1-3-8-20/h1-14,24H,15-16H2,(H,26,27)/b25-14-. The summed E-state index contributed by atoms with van der Waals surface area (Å²) in [6.45, 7) is 0.592. The molecule has 0 aromatic heterocycles. The minimum atomic E-state index is -0.228. The molecule has 2 N–H and O–H groups in total. The van der Waals surface area contributed by atoms with Gasteiger partial charge in [0.25, 0.3) is 5.91 Å². The van der Waals surface area contributed by atoms with Crippen LogP contribution >= 0.6 is 15.9 Å². The smallest absolute Gasteiger partial charge is 0.259 e. The van der Waals surface area contributed by atoms with Crippen LogP contribution in [0.5, 0.6) is 5.75 Å². The molecule has 0 saturated heterocycles. The highest BCUT2D eigenvalue weighted by Crippen LogP contribution is 2.18. The number of carbonyl (C=O) groups is 1. The highest BCUT2D eigenvalue weighted by molar-refractivity contribution is 9.10. The number of halogens is 1. The SMILES string of the molecule is O=C(CNc1ccccc1)N/N=C\c1ccccc1OCc1ccc(Br)cc1. The lowest BCUT2D eigenvalue weighted by Gasteiger charge is -2.09. The number of carbonyl (C=O) groups excluding carboxylic acids is 1. The number of hydrogen-bond donors (Lipinski definition) is 2. The van der Waals surface area contributed by atoms with Crippen LogP contribution in [0.4, 0.5) is 5.69 Å². The molecule has 3 aromatic carbocycles. The minimum absolute atomic E-state index is 0.142. The summed E-state index contributed by atoms with van der Waals surface area (Å²) in [4.78, 5) is 11.9. The summed E-state index contributed by atoms with van der Waals surface area (Å²) < 4.78 is 6.92. The third kappa shape index (κ3) is 6.25. The van der Waals surface area contributed by atoms with E-state index in [1.165, 1.54) is 0 Å². The molecule has 0 saturated carbocycles. The second kappa shape index (κ2) is 10.3. The molecule has 0 unspecified atom stereocenters. The van der Waals surface area contributed by atoms with Gasteiger partial charge in [-0.05, 0) is 42.0 Å². The molecule has 0 radical (unpaired) electrons. The van der Waals surface area contributed by atoms with E-state index in [4.69, 9.17) is 4.74 Å². The number of ether oxygens (including phenoxy) is 1. The van der Waals surface area contributed by atoms with E-state index >= 15 is 0 Å². The first-order valence-corrected chi connectivity index (χ1v) is 9.57. The molecule has 1 amide bonds. The van der Waals surface area contributed by atoms with Gasteiger partial charge < -0.3 is 10.1 Å². The Morgan fingerprint density at radius 2 is 1.68 bits per heavy atom. The van der Waals surface area contributed by atoms with Crippen LogP contribution in [0.1, 0.15) is 11.1 Å². The van der Waals surface area contributed by atoms with Gasteiger partial charge in [-0.25, -0.2) is 5.43 Å². The number of para-hydroxylation sites is 2. The van der Waals surface area contributed by atoms with E-state index < -0.39 is 0 Å². The van der Waals surface area contributed by atoms with Crippen LogP contribution in [-0.4, -0.2) is 18.7 Å². The highest BCUT2D eigenvalue weighted by Gasteiger charge is 2.03. The number of nitrogens with one attached hydrogen (secondary N) is 2. The summed E-state index contributed by atoms with van der Waals surface area (Å²) in [5, 5.41) is 7.06. The maximum atomic E-state index is 11.9. The third-order valence-electron chi connectivity index (χ3n) is 3.85. The van der Waals surface area contributed by atoms with Gasteiger partial charge in [0.2, 0.25) is 0 Å². The molecule has 0 aliphatic carbocycles. The Kier molecular flexibility index (Phi) is 7.21. The molecule has 0 aliphatic rings. The number of hydrogen-bond acceptors (Lipinski definition) is 4. The van der Waals surface area contributed by atoms with Crippen LogP contribution < -0.4 is 15.5 Å². The zero-order valence-corrected chi connectivity index (χ0v) is 16.7. The molecule has 5 nitrogen and oxygen atoms in total. The van der Waals surface area contributed by atoms with E-state index in [-0.39, 0.29) is 12.5 Å². The highest BCUT2D eigenvalue weighted by atomic mass is 79.9. The van der Waals surface area contributed by atoms with Gasteiger partial charge in [0, 0.05) is 15.7 Å². The van der Waals surface area contributed by atoms with Crippen molar-refractivity contribution in [1.29, 1.82) is 0 Å². The Bertz CT molecular complexity index is 928. The fourth-order valence-electron chi connectivity index (χ4n) is 2.41. The predicted molar refractivity (Wildman–Crippen MR) is 116 cm³/mol. The molecule has 0 bridgehead atoms. The Morgan fingerprint density at radius 1 is 0.964 bits per heavy atom. The van der Waals surface area contributed by atoms with Crippen molar-refractivity contribution in [3.63, 3.8) is 0 Å². The molecular weight excluding hydrogens is 418 g/mol. The quantitative estimate of drug-likeness (QED) is 0.400. The zero-order chi connectivity index (χ0) is 19.6. The van der Waals surface area contributed by atoms with Crippen LogP contribution in [0.3, 0.4) is 0 Å². The second-order valence-electron chi connectivity index (χ2n) is 5.97. The third-order valence-corrected chi connectivity index (χ3v) is 4.38. The number of amides is 1. The minimum Gasteiger partial charge on any atom is -0.488 e. The van der Waals surface area contributed by atoms with E-state index in [2.05, 4.69) is 31.8 Å². The van der Waals surface area contributed by atoms with E-state index in [1.807, 2.05) is 78.9 Å². The van der Waals surface area contributed by atoms with Gasteiger partial charge in [-0.3, -0.25) is 4.79 Å². The zero-order valence-electron chi connectivity index (χ0n) is 15.1. The van der Waals surface area contributed by atoms with Gasteiger partial charge in [0.15, 0.2) is 0 Å². The number of anilines is 1. The van der Waals surface area contributed by atoms with Gasteiger partial charge in [0.1, 0.15) is 12.4 Å². The van der Waals surface area contributed by atoms with Crippen LogP contribution in [0.25, 0.3) is 0 Å². The summed E-state index contributed by atoms with van der Waals surface area (Å²) in [5.74, 6) is 0.471. The number of nitrogens with zero attached hydrogens (tertiary/aromatic N) is 1. The van der Waals surface area contributed by atoms with Crippen molar-refractivity contribution in [2.24, 2.45) is 5.10 Å². The Labute approximate surface area is 172 Å². The normalized spacial score (nSPS) is 10.6. The summed E-state index contributed by atoms with van der Waals surface area (Å²) in [6.07, 6.45) is 1.58. The fourth-order valence-corrected chi connectivity index (χ4v) is 2.68. The Hall–Kier alpha value is -3.12. The Morgan fingerprint density at radius 3 is 2.46 bits per heavy atom. The van der Waals surface area contributed by atoms with Crippen molar-refractivity contribution in [3.8, 4) is 5.75 Å². The van der Waals surface area contributed by atoms with Gasteiger partial charge in [-0.2, -0.15) is 5.10 Å². The molecule has 28 heavy (non-hydrogen) atoms. The fraction of sp³-hybridized carbons (Fsp3) is 0.0909. The van der Waals surface area contributed by atoms with Gasteiger partial charge in [0.05, 0.1) is 12.8 Å². The Balaban J connectivity index is 1.52. The molecule has 0 aliphatic heterocycles. The van der Waals surface area contributed by atoms with Gasteiger partial charge >= 0.3 is 0 Å². The predicted octanol–water partition coefficient (Wildman–Crippen LogP) is 4.59. The number of rotatable bonds is 8. The molecule has 0 atom stereocenters. The maximum absolute atomic E-state index is 11.9. The largest absolute Gasteiger partial charge is 0.488 e. The van der Waals surface area contributed by atoms with Gasteiger partial charge in [-0.15, -0.1) is 0 Å². The van der Waals surface area contributed by atoms with E-state index in [9.17, 15) is 4.79 Å². The van der Waals surface area contributed by atoms with E-state index in [1.54, 1.807) is 6.21 Å². The lowest BCUT2D eigenvalue weighted by Crippen LogP contribution is -2.25. The van der Waals surface area contributed by atoms with Crippen LogP contribution in [-0.2, 0) is 11.4 Å². The summed E-state index contributed by atoms with van der Waals surface area (Å²) in [6, 6.07) is 25.0. The number of benzene rings is 3. The monoisotopic (exact) mass is 437 g/mol. The van der Waals surface area contributed by atoms with Crippen molar-refractivity contribution >= 4 is 33.7 Å².